The standard InChI is InChI=1S/C19H21F2N3O4S/c1-11-8-14(29(22,27)28)10-17(12(11)2)24-18(25)4-3-7-23-19(26)15-6-5-13(20)9-16(15)21/h5-6,8-10H,3-4,7H2,1-2H3,(H,23,26)(H,24,25)(H2,22,27,28). The molecule has 0 saturated carbocycles. The zero-order valence-electron chi connectivity index (χ0n) is 15.9. The summed E-state index contributed by atoms with van der Waals surface area (Å²) in [4.78, 5) is 23.9. The number of carbonyl (C=O) groups is 2. The Bertz CT molecular complexity index is 1060. The lowest BCUT2D eigenvalue weighted by Gasteiger charge is -2.13. The lowest BCUT2D eigenvalue weighted by Crippen LogP contribution is -2.26. The molecule has 2 amide bonds. The highest BCUT2D eigenvalue weighted by Gasteiger charge is 2.15. The maximum Gasteiger partial charge on any atom is 0.254 e. The maximum atomic E-state index is 13.6. The Morgan fingerprint density at radius 1 is 1.10 bits per heavy atom. The number of hydrogen-bond acceptors (Lipinski definition) is 4. The average molecular weight is 425 g/mol. The summed E-state index contributed by atoms with van der Waals surface area (Å²) in [7, 11) is -3.92. The predicted octanol–water partition coefficient (Wildman–Crippen LogP) is 2.38. The highest BCUT2D eigenvalue weighted by Crippen LogP contribution is 2.23. The summed E-state index contributed by atoms with van der Waals surface area (Å²) < 4.78 is 49.5. The number of primary sulfonamides is 1. The predicted molar refractivity (Wildman–Crippen MR) is 104 cm³/mol. The molecule has 0 saturated heterocycles. The summed E-state index contributed by atoms with van der Waals surface area (Å²) in [5.41, 5.74) is 1.39. The number of anilines is 1. The number of halogens is 2. The molecule has 4 N–H and O–H groups in total. The molecule has 0 heterocycles. The Kier molecular flexibility index (Phi) is 7.04. The Morgan fingerprint density at radius 2 is 1.79 bits per heavy atom. The zero-order valence-corrected chi connectivity index (χ0v) is 16.7. The molecule has 29 heavy (non-hydrogen) atoms. The molecule has 0 aliphatic heterocycles. The lowest BCUT2D eigenvalue weighted by molar-refractivity contribution is -0.116. The fraction of sp³-hybridized carbons (Fsp3) is 0.263. The number of benzene rings is 2. The van der Waals surface area contributed by atoms with E-state index in [9.17, 15) is 26.8 Å². The summed E-state index contributed by atoms with van der Waals surface area (Å²) in [6.07, 6.45) is 0.289. The van der Waals surface area contributed by atoms with Crippen LogP contribution in [0.1, 0.15) is 34.3 Å². The Hall–Kier alpha value is -2.85. The fourth-order valence-corrected chi connectivity index (χ4v) is 3.18. The van der Waals surface area contributed by atoms with Crippen molar-refractivity contribution in [2.75, 3.05) is 11.9 Å². The van der Waals surface area contributed by atoms with E-state index in [2.05, 4.69) is 10.6 Å². The highest BCUT2D eigenvalue weighted by molar-refractivity contribution is 7.89. The van der Waals surface area contributed by atoms with Gasteiger partial charge in [-0.1, -0.05) is 0 Å². The van der Waals surface area contributed by atoms with Gasteiger partial charge in [-0.15, -0.1) is 0 Å². The number of hydrogen-bond donors (Lipinski definition) is 3. The van der Waals surface area contributed by atoms with Crippen LogP contribution in [-0.2, 0) is 14.8 Å². The van der Waals surface area contributed by atoms with E-state index in [1.54, 1.807) is 13.8 Å². The third kappa shape index (κ3) is 6.06. The fourth-order valence-electron chi connectivity index (χ4n) is 2.55. The van der Waals surface area contributed by atoms with Crippen molar-refractivity contribution >= 4 is 27.5 Å². The van der Waals surface area contributed by atoms with Crippen LogP contribution in [-0.4, -0.2) is 26.8 Å². The van der Waals surface area contributed by atoms with Crippen LogP contribution in [0.4, 0.5) is 14.5 Å². The largest absolute Gasteiger partial charge is 0.352 e. The number of sulfonamides is 1. The number of aryl methyl sites for hydroxylation is 1. The molecular weight excluding hydrogens is 404 g/mol. The molecule has 0 spiro atoms. The van der Waals surface area contributed by atoms with Crippen molar-refractivity contribution in [2.24, 2.45) is 5.14 Å². The molecule has 2 aromatic rings. The first-order chi connectivity index (χ1) is 13.5. The molecule has 2 aromatic carbocycles. The van der Waals surface area contributed by atoms with Crippen molar-refractivity contribution in [1.29, 1.82) is 0 Å². The van der Waals surface area contributed by atoms with E-state index in [1.165, 1.54) is 12.1 Å². The third-order valence-corrected chi connectivity index (χ3v) is 5.18. The van der Waals surface area contributed by atoms with Gasteiger partial charge in [0.2, 0.25) is 15.9 Å². The molecule has 0 atom stereocenters. The van der Waals surface area contributed by atoms with Gasteiger partial charge in [0.1, 0.15) is 11.6 Å². The van der Waals surface area contributed by atoms with Gasteiger partial charge >= 0.3 is 0 Å². The first kappa shape index (κ1) is 22.4. The number of nitrogens with one attached hydrogen (secondary N) is 2. The van der Waals surface area contributed by atoms with Crippen molar-refractivity contribution in [3.05, 3.63) is 58.7 Å². The van der Waals surface area contributed by atoms with Crippen molar-refractivity contribution in [1.82, 2.24) is 5.32 Å². The minimum Gasteiger partial charge on any atom is -0.352 e. The Labute approximate surface area is 167 Å². The van der Waals surface area contributed by atoms with Crippen LogP contribution in [0.15, 0.2) is 35.2 Å². The smallest absolute Gasteiger partial charge is 0.254 e. The Morgan fingerprint density at radius 3 is 2.41 bits per heavy atom. The molecule has 0 aliphatic carbocycles. The van der Waals surface area contributed by atoms with Gasteiger partial charge in [0.05, 0.1) is 10.5 Å². The van der Waals surface area contributed by atoms with Crippen LogP contribution in [0, 0.1) is 25.5 Å². The van der Waals surface area contributed by atoms with Crippen LogP contribution >= 0.6 is 0 Å². The van der Waals surface area contributed by atoms with Gasteiger partial charge in [0, 0.05) is 24.7 Å². The summed E-state index contributed by atoms with van der Waals surface area (Å²) in [6, 6.07) is 5.34. The normalized spacial score (nSPS) is 11.2. The minimum absolute atomic E-state index is 0.0320. The van der Waals surface area contributed by atoms with Crippen LogP contribution in [0.5, 0.6) is 0 Å². The molecule has 0 aromatic heterocycles. The monoisotopic (exact) mass is 425 g/mol. The summed E-state index contributed by atoms with van der Waals surface area (Å²) in [5, 5.41) is 10.2. The Balaban J connectivity index is 1.91. The van der Waals surface area contributed by atoms with Gasteiger partial charge in [-0.25, -0.2) is 22.3 Å². The van der Waals surface area contributed by atoms with Crippen LogP contribution < -0.4 is 15.8 Å². The maximum absolute atomic E-state index is 13.6. The van der Waals surface area contributed by atoms with Crippen molar-refractivity contribution in [3.8, 4) is 0 Å². The lowest BCUT2D eigenvalue weighted by atomic mass is 10.1. The average Bonchev–Trinajstić information content (AvgIpc) is 2.61. The molecule has 0 fully saturated rings. The van der Waals surface area contributed by atoms with Gasteiger partial charge in [-0.2, -0.15) is 0 Å². The van der Waals surface area contributed by atoms with Crippen molar-refractivity contribution in [3.63, 3.8) is 0 Å². The van der Waals surface area contributed by atoms with E-state index in [-0.39, 0.29) is 35.8 Å². The van der Waals surface area contributed by atoms with Gasteiger partial charge < -0.3 is 10.6 Å². The van der Waals surface area contributed by atoms with Gasteiger partial charge in [-0.05, 0) is 55.7 Å². The zero-order chi connectivity index (χ0) is 21.8. The molecule has 2 rings (SSSR count). The summed E-state index contributed by atoms with van der Waals surface area (Å²) in [6.45, 7) is 3.53. The van der Waals surface area contributed by atoms with E-state index < -0.39 is 27.6 Å². The molecule has 7 nitrogen and oxygen atoms in total. The number of amides is 2. The topological polar surface area (TPSA) is 118 Å². The third-order valence-electron chi connectivity index (χ3n) is 4.29. The first-order valence-electron chi connectivity index (χ1n) is 8.66. The van der Waals surface area contributed by atoms with Crippen molar-refractivity contribution < 1.29 is 26.8 Å². The van der Waals surface area contributed by atoms with E-state index in [4.69, 9.17) is 5.14 Å². The van der Waals surface area contributed by atoms with Crippen LogP contribution in [0.2, 0.25) is 0 Å². The number of nitrogens with two attached hydrogens (primary N) is 1. The van der Waals surface area contributed by atoms with Crippen molar-refractivity contribution in [2.45, 2.75) is 31.6 Å². The molecule has 0 bridgehead atoms. The van der Waals surface area contributed by atoms with Crippen LogP contribution in [0.25, 0.3) is 0 Å². The molecule has 10 heteroatoms. The molecule has 0 unspecified atom stereocenters. The SMILES string of the molecule is Cc1cc(S(N)(=O)=O)cc(NC(=O)CCCNC(=O)c2ccc(F)cc2F)c1C. The van der Waals surface area contributed by atoms with E-state index in [0.717, 1.165) is 12.1 Å². The summed E-state index contributed by atoms with van der Waals surface area (Å²) in [5.74, 6) is -2.86. The van der Waals surface area contributed by atoms with E-state index in [1.807, 2.05) is 0 Å². The van der Waals surface area contributed by atoms with Gasteiger partial charge in [0.15, 0.2) is 0 Å². The molecule has 156 valence electrons. The summed E-state index contributed by atoms with van der Waals surface area (Å²) >= 11 is 0. The second kappa shape index (κ2) is 9.10. The molecule has 0 aliphatic rings. The van der Waals surface area contributed by atoms with E-state index >= 15 is 0 Å². The van der Waals surface area contributed by atoms with Gasteiger partial charge in [-0.3, -0.25) is 9.59 Å². The number of carbonyl (C=O) groups excluding carboxylic acids is 2. The quantitative estimate of drug-likeness (QED) is 0.590. The molecule has 0 radical (unpaired) electrons. The van der Waals surface area contributed by atoms with Crippen LogP contribution in [0.3, 0.4) is 0 Å². The van der Waals surface area contributed by atoms with Gasteiger partial charge in [0.25, 0.3) is 5.91 Å². The second-order valence-corrected chi connectivity index (χ2v) is 8.05. The molecular formula is C19H21F2N3O4S. The highest BCUT2D eigenvalue weighted by atomic mass is 32.2. The first-order valence-corrected chi connectivity index (χ1v) is 10.2. The number of rotatable bonds is 7. The van der Waals surface area contributed by atoms with E-state index in [0.29, 0.717) is 22.9 Å². The second-order valence-electron chi connectivity index (χ2n) is 6.49. The minimum atomic E-state index is -3.92.